The molecule has 0 radical (unpaired) electrons. The third kappa shape index (κ3) is 4.93. The van der Waals surface area contributed by atoms with Crippen molar-refractivity contribution < 1.29 is 0 Å². The van der Waals surface area contributed by atoms with Gasteiger partial charge in [-0.2, -0.15) is 0 Å². The molecular formula is C16H31N3. The van der Waals surface area contributed by atoms with E-state index in [-0.39, 0.29) is 0 Å². The third-order valence-corrected chi connectivity index (χ3v) is 2.27. The first-order chi connectivity index (χ1) is 9.09. The summed E-state index contributed by atoms with van der Waals surface area (Å²) in [5.74, 6) is 0.743. The van der Waals surface area contributed by atoms with Crippen LogP contribution in [0.1, 0.15) is 58.5 Å². The quantitative estimate of drug-likeness (QED) is 0.734. The maximum Gasteiger partial charge on any atom is 0.139 e. The van der Waals surface area contributed by atoms with E-state index < -0.39 is 0 Å². The number of pyridine rings is 1. The van der Waals surface area contributed by atoms with Gasteiger partial charge in [0, 0.05) is 5.69 Å². The minimum absolute atomic E-state index is 0.743. The molecule has 0 atom stereocenters. The van der Waals surface area contributed by atoms with E-state index in [4.69, 9.17) is 5.73 Å². The molecule has 0 bridgehead atoms. The Labute approximate surface area is 118 Å². The maximum absolute atomic E-state index is 5.89. The van der Waals surface area contributed by atoms with Crippen LogP contribution in [-0.4, -0.2) is 9.38 Å². The molecule has 0 unspecified atom stereocenters. The van der Waals surface area contributed by atoms with Crippen LogP contribution in [0, 0.1) is 20.8 Å². The van der Waals surface area contributed by atoms with Crippen molar-refractivity contribution in [1.29, 1.82) is 0 Å². The Morgan fingerprint density at radius 3 is 1.84 bits per heavy atom. The summed E-state index contributed by atoms with van der Waals surface area (Å²) < 4.78 is 1.97. The zero-order valence-corrected chi connectivity index (χ0v) is 14.1. The van der Waals surface area contributed by atoms with Crippen molar-refractivity contribution in [3.8, 4) is 0 Å². The highest BCUT2D eigenvalue weighted by molar-refractivity contribution is 5.55. The largest absolute Gasteiger partial charge is 0.383 e. The van der Waals surface area contributed by atoms with E-state index >= 15 is 0 Å². The van der Waals surface area contributed by atoms with Crippen molar-refractivity contribution in [2.75, 3.05) is 5.73 Å². The number of nitrogens with two attached hydrogens (primary N) is 1. The molecule has 110 valence electrons. The van der Waals surface area contributed by atoms with Gasteiger partial charge in [0.1, 0.15) is 11.5 Å². The van der Waals surface area contributed by atoms with Gasteiger partial charge in [0.05, 0.1) is 5.69 Å². The summed E-state index contributed by atoms with van der Waals surface area (Å²) in [6.45, 7) is 18.0. The second-order valence-corrected chi connectivity index (χ2v) is 3.45. The van der Waals surface area contributed by atoms with E-state index in [1.54, 1.807) is 0 Å². The highest BCUT2D eigenvalue weighted by Gasteiger charge is 2.06. The van der Waals surface area contributed by atoms with E-state index in [1.807, 2.05) is 65.9 Å². The van der Waals surface area contributed by atoms with Crippen molar-refractivity contribution in [3.63, 3.8) is 0 Å². The number of aryl methyl sites for hydroxylation is 3. The topological polar surface area (TPSA) is 43.3 Å². The van der Waals surface area contributed by atoms with Crippen LogP contribution in [0.4, 0.5) is 5.82 Å². The average Bonchev–Trinajstić information content (AvgIpc) is 2.72. The molecule has 0 aliphatic heterocycles. The van der Waals surface area contributed by atoms with Crippen molar-refractivity contribution in [3.05, 3.63) is 29.1 Å². The lowest BCUT2D eigenvalue weighted by Gasteiger charge is -2.02. The van der Waals surface area contributed by atoms with Gasteiger partial charge in [-0.1, -0.05) is 41.5 Å². The van der Waals surface area contributed by atoms with Crippen molar-refractivity contribution >= 4 is 11.5 Å². The smallest absolute Gasteiger partial charge is 0.139 e. The van der Waals surface area contributed by atoms with Gasteiger partial charge < -0.3 is 5.73 Å². The lowest BCUT2D eigenvalue weighted by Crippen LogP contribution is -1.98. The van der Waals surface area contributed by atoms with Crippen LogP contribution in [0.15, 0.2) is 12.1 Å². The number of anilines is 1. The zero-order chi connectivity index (χ0) is 15.6. The SMILES string of the molecule is CC.CC.CC.Cc1cc(C)n2c(N)c(C)nc2c1. The number of imidazole rings is 1. The second-order valence-electron chi connectivity index (χ2n) is 3.45. The van der Waals surface area contributed by atoms with E-state index in [0.29, 0.717) is 0 Å². The number of aromatic nitrogens is 2. The number of hydrogen-bond donors (Lipinski definition) is 1. The Morgan fingerprint density at radius 2 is 1.37 bits per heavy atom. The molecular weight excluding hydrogens is 234 g/mol. The van der Waals surface area contributed by atoms with Gasteiger partial charge in [0.2, 0.25) is 0 Å². The lowest BCUT2D eigenvalue weighted by molar-refractivity contribution is 1.09. The molecule has 0 aliphatic rings. The maximum atomic E-state index is 5.89. The average molecular weight is 265 g/mol. The molecule has 0 saturated heterocycles. The molecule has 19 heavy (non-hydrogen) atoms. The van der Waals surface area contributed by atoms with Crippen LogP contribution < -0.4 is 5.73 Å². The van der Waals surface area contributed by atoms with Crippen molar-refractivity contribution in [2.45, 2.75) is 62.3 Å². The van der Waals surface area contributed by atoms with Gasteiger partial charge in [-0.15, -0.1) is 0 Å². The van der Waals surface area contributed by atoms with Gasteiger partial charge in [0.25, 0.3) is 0 Å². The lowest BCUT2D eigenvalue weighted by atomic mass is 10.2. The number of nitrogen functional groups attached to an aromatic ring is 1. The first-order valence-electron chi connectivity index (χ1n) is 7.31. The van der Waals surface area contributed by atoms with E-state index in [9.17, 15) is 0 Å². The summed E-state index contributed by atoms with van der Waals surface area (Å²) in [6, 6.07) is 4.14. The molecule has 0 spiro atoms. The predicted molar refractivity (Wildman–Crippen MR) is 87.9 cm³/mol. The fraction of sp³-hybridized carbons (Fsp3) is 0.562. The molecule has 2 aromatic rings. The zero-order valence-electron chi connectivity index (χ0n) is 14.1. The fourth-order valence-corrected chi connectivity index (χ4v) is 1.67. The fourth-order valence-electron chi connectivity index (χ4n) is 1.67. The van der Waals surface area contributed by atoms with E-state index in [2.05, 4.69) is 18.0 Å². The van der Waals surface area contributed by atoms with Gasteiger partial charge in [-0.3, -0.25) is 4.40 Å². The summed E-state index contributed by atoms with van der Waals surface area (Å²) in [5, 5.41) is 0. The monoisotopic (exact) mass is 265 g/mol. The van der Waals surface area contributed by atoms with Crippen LogP contribution in [0.5, 0.6) is 0 Å². The Balaban J connectivity index is 0. The molecule has 0 aromatic carbocycles. The molecule has 0 fully saturated rings. The standard InChI is InChI=1S/C10H13N3.3C2H6/c1-6-4-7(2)13-9(5-6)12-8(3)10(13)11;3*1-2/h4-5H,11H2,1-3H3;3*1-2H3. The highest BCUT2D eigenvalue weighted by Crippen LogP contribution is 2.17. The second kappa shape index (κ2) is 10.4. The van der Waals surface area contributed by atoms with Crippen LogP contribution in [0.3, 0.4) is 0 Å². The Bertz CT molecular complexity index is 470. The van der Waals surface area contributed by atoms with E-state index in [1.165, 1.54) is 5.56 Å². The molecule has 2 rings (SSSR count). The van der Waals surface area contributed by atoms with Crippen molar-refractivity contribution in [2.24, 2.45) is 0 Å². The summed E-state index contributed by atoms with van der Waals surface area (Å²) in [7, 11) is 0. The molecule has 0 amide bonds. The highest BCUT2D eigenvalue weighted by atomic mass is 15.1. The Hall–Kier alpha value is -1.51. The minimum atomic E-state index is 0.743. The first-order valence-corrected chi connectivity index (χ1v) is 7.31. The predicted octanol–water partition coefficient (Wildman–Crippen LogP) is 4.92. The third-order valence-electron chi connectivity index (χ3n) is 2.27. The molecule has 3 nitrogen and oxygen atoms in total. The van der Waals surface area contributed by atoms with Gasteiger partial charge in [0.15, 0.2) is 0 Å². The van der Waals surface area contributed by atoms with E-state index in [0.717, 1.165) is 22.9 Å². The number of hydrogen-bond acceptors (Lipinski definition) is 2. The number of nitrogens with zero attached hydrogens (tertiary/aromatic N) is 2. The molecule has 2 N–H and O–H groups in total. The normalized spacial score (nSPS) is 8.47. The Kier molecular flexibility index (Phi) is 10.9. The summed E-state index contributed by atoms with van der Waals surface area (Å²) in [4.78, 5) is 4.37. The molecule has 2 aromatic heterocycles. The molecule has 0 aliphatic carbocycles. The van der Waals surface area contributed by atoms with Crippen LogP contribution in [-0.2, 0) is 0 Å². The summed E-state index contributed by atoms with van der Waals surface area (Å²) in [6.07, 6.45) is 0. The van der Waals surface area contributed by atoms with Gasteiger partial charge in [-0.25, -0.2) is 4.98 Å². The molecule has 3 heteroatoms. The number of rotatable bonds is 0. The molecule has 2 heterocycles. The first kappa shape index (κ1) is 19.8. The molecule has 0 saturated carbocycles. The van der Waals surface area contributed by atoms with Crippen molar-refractivity contribution in [1.82, 2.24) is 9.38 Å². The van der Waals surface area contributed by atoms with Gasteiger partial charge >= 0.3 is 0 Å². The van der Waals surface area contributed by atoms with Crippen LogP contribution in [0.25, 0.3) is 5.65 Å². The summed E-state index contributed by atoms with van der Waals surface area (Å²) >= 11 is 0. The number of fused-ring (bicyclic) bond motifs is 1. The van der Waals surface area contributed by atoms with Crippen LogP contribution in [0.2, 0.25) is 0 Å². The Morgan fingerprint density at radius 1 is 0.895 bits per heavy atom. The minimum Gasteiger partial charge on any atom is -0.383 e. The van der Waals surface area contributed by atoms with Crippen LogP contribution >= 0.6 is 0 Å². The van der Waals surface area contributed by atoms with Gasteiger partial charge in [-0.05, 0) is 38.5 Å². The summed E-state index contributed by atoms with van der Waals surface area (Å²) in [5.41, 5.74) is 10.1.